The normalized spacial score (nSPS) is 12.9. The second-order valence-corrected chi connectivity index (χ2v) is 7.51. The van der Waals surface area contributed by atoms with Crippen molar-refractivity contribution in [1.82, 2.24) is 9.88 Å². The minimum Gasteiger partial charge on any atom is -0.360 e. The first-order valence-electron chi connectivity index (χ1n) is 7.14. The number of aryl methyl sites for hydroxylation is 3. The van der Waals surface area contributed by atoms with Crippen molar-refractivity contribution >= 4 is 33.2 Å². The lowest BCUT2D eigenvalue weighted by molar-refractivity contribution is -0.117. The van der Waals surface area contributed by atoms with E-state index < -0.39 is 22.0 Å². The third-order valence-corrected chi connectivity index (χ3v) is 5.59. The largest absolute Gasteiger partial charge is 0.360 e. The van der Waals surface area contributed by atoms with Crippen molar-refractivity contribution in [2.75, 3.05) is 5.32 Å². The average molecular weight is 372 g/mol. The number of rotatable bonds is 5. The van der Waals surface area contributed by atoms with Crippen molar-refractivity contribution in [2.24, 2.45) is 0 Å². The molecule has 1 aromatic carbocycles. The van der Waals surface area contributed by atoms with Crippen LogP contribution in [-0.4, -0.2) is 25.5 Å². The van der Waals surface area contributed by atoms with Crippen LogP contribution in [-0.2, 0) is 14.8 Å². The standard InChI is InChI=1S/C15H18ClN3O4S/c1-8-5-6-12(7-13(8)16)17-15(20)10(3)19-24(21,22)14-9(2)18-23-11(14)4/h5-7,10,19H,1-4H3,(H,17,20)/t10-/m0/s1. The first kappa shape index (κ1) is 18.4. The summed E-state index contributed by atoms with van der Waals surface area (Å²) in [6, 6.07) is 4.05. The van der Waals surface area contributed by atoms with Gasteiger partial charge in [-0.25, -0.2) is 8.42 Å². The Hall–Kier alpha value is -1.90. The third kappa shape index (κ3) is 3.95. The molecule has 0 unspecified atom stereocenters. The number of benzene rings is 1. The van der Waals surface area contributed by atoms with Gasteiger partial charge in [0.2, 0.25) is 15.9 Å². The number of carbonyl (C=O) groups is 1. The number of aromatic nitrogens is 1. The van der Waals surface area contributed by atoms with Crippen LogP contribution in [0.2, 0.25) is 5.02 Å². The Kier molecular flexibility index (Phi) is 5.32. The first-order valence-corrected chi connectivity index (χ1v) is 9.00. The molecule has 0 saturated carbocycles. The Balaban J connectivity index is 2.12. The van der Waals surface area contributed by atoms with Crippen molar-refractivity contribution in [2.45, 2.75) is 38.6 Å². The highest BCUT2D eigenvalue weighted by Crippen LogP contribution is 2.21. The molecule has 9 heteroatoms. The number of amides is 1. The summed E-state index contributed by atoms with van der Waals surface area (Å²) in [6.45, 7) is 6.30. The van der Waals surface area contributed by atoms with Gasteiger partial charge in [0.25, 0.3) is 0 Å². The molecule has 0 radical (unpaired) electrons. The molecule has 2 rings (SSSR count). The average Bonchev–Trinajstić information content (AvgIpc) is 2.82. The third-order valence-electron chi connectivity index (χ3n) is 3.40. The molecule has 130 valence electrons. The fourth-order valence-corrected chi connectivity index (χ4v) is 3.84. The maximum absolute atomic E-state index is 12.4. The van der Waals surface area contributed by atoms with Crippen LogP contribution in [0.3, 0.4) is 0 Å². The monoisotopic (exact) mass is 371 g/mol. The number of halogens is 1. The molecule has 1 amide bonds. The van der Waals surface area contributed by atoms with Crippen LogP contribution in [0, 0.1) is 20.8 Å². The van der Waals surface area contributed by atoms with Gasteiger partial charge in [0.1, 0.15) is 10.6 Å². The summed E-state index contributed by atoms with van der Waals surface area (Å²) in [6.07, 6.45) is 0. The molecule has 0 spiro atoms. The van der Waals surface area contributed by atoms with Gasteiger partial charge in [-0.1, -0.05) is 22.8 Å². The van der Waals surface area contributed by atoms with E-state index in [-0.39, 0.29) is 16.3 Å². The Morgan fingerprint density at radius 2 is 1.96 bits per heavy atom. The fourth-order valence-electron chi connectivity index (χ4n) is 2.12. The highest BCUT2D eigenvalue weighted by molar-refractivity contribution is 7.89. The molecule has 1 atom stereocenters. The van der Waals surface area contributed by atoms with Gasteiger partial charge in [0, 0.05) is 10.7 Å². The van der Waals surface area contributed by atoms with Crippen LogP contribution < -0.4 is 10.0 Å². The molecule has 2 N–H and O–H groups in total. The summed E-state index contributed by atoms with van der Waals surface area (Å²) in [5.74, 6) is -0.344. The van der Waals surface area contributed by atoms with Gasteiger partial charge in [0.15, 0.2) is 5.76 Å². The van der Waals surface area contributed by atoms with Gasteiger partial charge >= 0.3 is 0 Å². The molecule has 1 heterocycles. The molecule has 0 aliphatic heterocycles. The Bertz CT molecular complexity index is 857. The highest BCUT2D eigenvalue weighted by atomic mass is 35.5. The number of anilines is 1. The number of hydrogen-bond donors (Lipinski definition) is 2. The summed E-state index contributed by atoms with van der Waals surface area (Å²) < 4.78 is 32.0. The van der Waals surface area contributed by atoms with Gasteiger partial charge < -0.3 is 9.84 Å². The van der Waals surface area contributed by atoms with Crippen molar-refractivity contribution < 1.29 is 17.7 Å². The molecule has 0 fully saturated rings. The number of nitrogens with zero attached hydrogens (tertiary/aromatic N) is 1. The zero-order valence-electron chi connectivity index (χ0n) is 13.7. The molecular formula is C15H18ClN3O4S. The van der Waals surface area contributed by atoms with Crippen LogP contribution in [0.15, 0.2) is 27.6 Å². The quantitative estimate of drug-likeness (QED) is 0.841. The lowest BCUT2D eigenvalue weighted by Gasteiger charge is -2.14. The van der Waals surface area contributed by atoms with E-state index in [4.69, 9.17) is 16.1 Å². The molecule has 1 aromatic heterocycles. The maximum Gasteiger partial charge on any atom is 0.246 e. The number of carbonyl (C=O) groups excluding carboxylic acids is 1. The zero-order chi connectivity index (χ0) is 18.1. The summed E-state index contributed by atoms with van der Waals surface area (Å²) in [4.78, 5) is 12.2. The van der Waals surface area contributed by atoms with Gasteiger partial charge in [-0.3, -0.25) is 4.79 Å². The van der Waals surface area contributed by atoms with Crippen molar-refractivity contribution in [3.8, 4) is 0 Å². The van der Waals surface area contributed by atoms with E-state index in [1.807, 2.05) is 6.92 Å². The van der Waals surface area contributed by atoms with Crippen LogP contribution >= 0.6 is 11.6 Å². The van der Waals surface area contributed by atoms with E-state index >= 15 is 0 Å². The highest BCUT2D eigenvalue weighted by Gasteiger charge is 2.28. The first-order chi connectivity index (χ1) is 11.1. The summed E-state index contributed by atoms with van der Waals surface area (Å²) in [5.41, 5.74) is 1.60. The van der Waals surface area contributed by atoms with Crippen LogP contribution in [0.25, 0.3) is 0 Å². The molecule has 2 aromatic rings. The lowest BCUT2D eigenvalue weighted by Crippen LogP contribution is -2.41. The summed E-state index contributed by atoms with van der Waals surface area (Å²) in [5, 5.41) is 6.74. The number of hydrogen-bond acceptors (Lipinski definition) is 5. The van der Waals surface area contributed by atoms with E-state index in [0.717, 1.165) is 5.56 Å². The Morgan fingerprint density at radius 1 is 1.29 bits per heavy atom. The minimum atomic E-state index is -3.92. The van der Waals surface area contributed by atoms with Crippen LogP contribution in [0.5, 0.6) is 0 Å². The Labute approximate surface area is 145 Å². The van der Waals surface area contributed by atoms with E-state index in [0.29, 0.717) is 10.7 Å². The SMILES string of the molecule is Cc1ccc(NC(=O)[C@H](C)NS(=O)(=O)c2c(C)noc2C)cc1Cl. The van der Waals surface area contributed by atoms with Crippen LogP contribution in [0.4, 0.5) is 5.69 Å². The van der Waals surface area contributed by atoms with E-state index in [9.17, 15) is 13.2 Å². The van der Waals surface area contributed by atoms with Gasteiger partial charge in [-0.05, 0) is 45.4 Å². The van der Waals surface area contributed by atoms with Crippen molar-refractivity contribution in [1.29, 1.82) is 0 Å². The van der Waals surface area contributed by atoms with E-state index in [2.05, 4.69) is 15.2 Å². The lowest BCUT2D eigenvalue weighted by atomic mass is 10.2. The second-order valence-electron chi connectivity index (χ2n) is 5.45. The maximum atomic E-state index is 12.4. The van der Waals surface area contributed by atoms with Gasteiger partial charge in [-0.15, -0.1) is 0 Å². The summed E-state index contributed by atoms with van der Waals surface area (Å²) in [7, 11) is -3.92. The predicted molar refractivity (Wildman–Crippen MR) is 90.6 cm³/mol. The smallest absolute Gasteiger partial charge is 0.246 e. The molecular weight excluding hydrogens is 354 g/mol. The minimum absolute atomic E-state index is 0.0551. The van der Waals surface area contributed by atoms with E-state index in [1.54, 1.807) is 18.2 Å². The second kappa shape index (κ2) is 6.92. The van der Waals surface area contributed by atoms with E-state index in [1.165, 1.54) is 20.8 Å². The molecule has 0 aliphatic rings. The predicted octanol–water partition coefficient (Wildman–Crippen LogP) is 2.56. The summed E-state index contributed by atoms with van der Waals surface area (Å²) >= 11 is 6.01. The number of nitrogens with one attached hydrogen (secondary N) is 2. The molecule has 7 nitrogen and oxygen atoms in total. The zero-order valence-corrected chi connectivity index (χ0v) is 15.2. The fraction of sp³-hybridized carbons (Fsp3) is 0.333. The van der Waals surface area contributed by atoms with Crippen molar-refractivity contribution in [3.05, 3.63) is 40.2 Å². The van der Waals surface area contributed by atoms with Crippen LogP contribution in [0.1, 0.15) is 23.9 Å². The molecule has 0 aliphatic carbocycles. The molecule has 0 saturated heterocycles. The molecule has 24 heavy (non-hydrogen) atoms. The topological polar surface area (TPSA) is 101 Å². The number of sulfonamides is 1. The molecule has 0 bridgehead atoms. The van der Waals surface area contributed by atoms with Gasteiger partial charge in [-0.2, -0.15) is 4.72 Å². The van der Waals surface area contributed by atoms with Gasteiger partial charge in [0.05, 0.1) is 6.04 Å². The Morgan fingerprint density at radius 3 is 2.50 bits per heavy atom. The van der Waals surface area contributed by atoms with Crippen molar-refractivity contribution in [3.63, 3.8) is 0 Å².